The molecule has 0 unspecified atom stereocenters. The second kappa shape index (κ2) is 5.59. The van der Waals surface area contributed by atoms with Gasteiger partial charge in [0.25, 0.3) is 0 Å². The molecule has 19 heavy (non-hydrogen) atoms. The zero-order valence-corrected chi connectivity index (χ0v) is 13.3. The van der Waals surface area contributed by atoms with E-state index in [-0.39, 0.29) is 0 Å². The smallest absolute Gasteiger partial charge is 0.171 e. The molecule has 1 N–H and O–H groups in total. The lowest BCUT2D eigenvalue weighted by atomic mass is 10.2. The summed E-state index contributed by atoms with van der Waals surface area (Å²) in [5.74, 6) is 1.90. The summed E-state index contributed by atoms with van der Waals surface area (Å²) in [6.45, 7) is 3.14. The van der Waals surface area contributed by atoms with Crippen LogP contribution in [0.15, 0.2) is 15.9 Å². The maximum Gasteiger partial charge on any atom is 0.171 e. The number of nitrogens with one attached hydrogen (secondary N) is 1. The third-order valence-electron chi connectivity index (χ3n) is 3.27. The standard InChI is InChI=1S/C14H16BrN3S/c1-2-8-16-13-9-4-3-5-10(9)17-14(18-13)11-6-7-12(15)19-11/h6-7H,2-5,8H2,1H3,(H,16,17,18). The summed E-state index contributed by atoms with van der Waals surface area (Å²) in [4.78, 5) is 10.6. The number of fused-ring (bicyclic) bond motifs is 1. The van der Waals surface area contributed by atoms with Crippen LogP contribution in [0.1, 0.15) is 31.0 Å². The van der Waals surface area contributed by atoms with E-state index in [9.17, 15) is 0 Å². The number of hydrogen-bond acceptors (Lipinski definition) is 4. The van der Waals surface area contributed by atoms with Crippen LogP contribution in [0.2, 0.25) is 0 Å². The molecule has 0 aliphatic heterocycles. The number of rotatable bonds is 4. The van der Waals surface area contributed by atoms with Crippen molar-refractivity contribution in [1.29, 1.82) is 0 Å². The SMILES string of the molecule is CCCNc1nc(-c2ccc(Br)s2)nc2c1CCC2. The fraction of sp³-hybridized carbons (Fsp3) is 0.429. The summed E-state index contributed by atoms with van der Waals surface area (Å²) >= 11 is 5.18. The lowest BCUT2D eigenvalue weighted by molar-refractivity contribution is 0.899. The molecular formula is C14H16BrN3S. The topological polar surface area (TPSA) is 37.8 Å². The Kier molecular flexibility index (Phi) is 3.84. The van der Waals surface area contributed by atoms with Gasteiger partial charge in [0.05, 0.1) is 8.66 Å². The molecule has 0 radical (unpaired) electrons. The third-order valence-corrected chi connectivity index (χ3v) is 4.89. The Morgan fingerprint density at radius 1 is 1.32 bits per heavy atom. The number of aryl methyl sites for hydroxylation is 1. The van der Waals surface area contributed by atoms with Gasteiger partial charge in [-0.1, -0.05) is 6.92 Å². The Morgan fingerprint density at radius 2 is 2.21 bits per heavy atom. The molecule has 0 atom stereocenters. The number of hydrogen-bond donors (Lipinski definition) is 1. The highest BCUT2D eigenvalue weighted by atomic mass is 79.9. The van der Waals surface area contributed by atoms with Crippen LogP contribution < -0.4 is 5.32 Å². The fourth-order valence-electron chi connectivity index (χ4n) is 2.37. The first-order chi connectivity index (χ1) is 9.28. The van der Waals surface area contributed by atoms with E-state index in [0.717, 1.165) is 46.1 Å². The Bertz CT molecular complexity index is 594. The zero-order chi connectivity index (χ0) is 13.2. The van der Waals surface area contributed by atoms with Crippen LogP contribution in [-0.4, -0.2) is 16.5 Å². The first-order valence-corrected chi connectivity index (χ1v) is 8.28. The van der Waals surface area contributed by atoms with Gasteiger partial charge in [-0.25, -0.2) is 9.97 Å². The van der Waals surface area contributed by atoms with Crippen molar-refractivity contribution in [1.82, 2.24) is 9.97 Å². The van der Waals surface area contributed by atoms with Crippen LogP contribution in [-0.2, 0) is 12.8 Å². The summed E-state index contributed by atoms with van der Waals surface area (Å²) in [6.07, 6.45) is 4.50. The van der Waals surface area contributed by atoms with E-state index >= 15 is 0 Å². The van der Waals surface area contributed by atoms with Gasteiger partial charge < -0.3 is 5.32 Å². The van der Waals surface area contributed by atoms with Gasteiger partial charge >= 0.3 is 0 Å². The van der Waals surface area contributed by atoms with Gasteiger partial charge in [-0.2, -0.15) is 0 Å². The van der Waals surface area contributed by atoms with Crippen LogP contribution in [0, 0.1) is 0 Å². The van der Waals surface area contributed by atoms with Gasteiger partial charge in [0.15, 0.2) is 5.82 Å². The molecule has 3 rings (SSSR count). The summed E-state index contributed by atoms with van der Waals surface area (Å²) in [5.41, 5.74) is 2.56. The second-order valence-electron chi connectivity index (χ2n) is 4.71. The molecule has 0 saturated heterocycles. The van der Waals surface area contributed by atoms with Crippen molar-refractivity contribution in [3.63, 3.8) is 0 Å². The van der Waals surface area contributed by atoms with Gasteiger partial charge in [0.2, 0.25) is 0 Å². The molecule has 2 heterocycles. The highest BCUT2D eigenvalue weighted by Crippen LogP contribution is 2.33. The fourth-order valence-corrected chi connectivity index (χ4v) is 3.69. The molecule has 0 spiro atoms. The Hall–Kier alpha value is -0.940. The van der Waals surface area contributed by atoms with E-state index < -0.39 is 0 Å². The number of halogens is 1. The van der Waals surface area contributed by atoms with E-state index in [4.69, 9.17) is 9.97 Å². The van der Waals surface area contributed by atoms with E-state index in [1.165, 1.54) is 17.7 Å². The average molecular weight is 338 g/mol. The summed E-state index contributed by atoms with van der Waals surface area (Å²) in [5, 5.41) is 3.45. The maximum atomic E-state index is 4.74. The molecule has 0 fully saturated rings. The van der Waals surface area contributed by atoms with Crippen molar-refractivity contribution in [3.05, 3.63) is 27.2 Å². The number of nitrogens with zero attached hydrogens (tertiary/aromatic N) is 2. The van der Waals surface area contributed by atoms with Gasteiger partial charge in [-0.05, 0) is 53.7 Å². The molecule has 0 saturated carbocycles. The van der Waals surface area contributed by atoms with Gasteiger partial charge in [0, 0.05) is 17.8 Å². The molecule has 0 aromatic carbocycles. The molecule has 5 heteroatoms. The maximum absolute atomic E-state index is 4.74. The molecule has 1 aliphatic rings. The number of thiophene rings is 1. The van der Waals surface area contributed by atoms with E-state index in [1.54, 1.807) is 11.3 Å². The quantitative estimate of drug-likeness (QED) is 0.904. The highest BCUT2D eigenvalue weighted by Gasteiger charge is 2.20. The van der Waals surface area contributed by atoms with Crippen molar-refractivity contribution < 1.29 is 0 Å². The number of aromatic nitrogens is 2. The first-order valence-electron chi connectivity index (χ1n) is 6.67. The predicted molar refractivity (Wildman–Crippen MR) is 83.9 cm³/mol. The third kappa shape index (κ3) is 2.67. The minimum Gasteiger partial charge on any atom is -0.370 e. The van der Waals surface area contributed by atoms with Crippen molar-refractivity contribution >= 4 is 33.1 Å². The average Bonchev–Trinajstić information content (AvgIpc) is 3.03. The summed E-state index contributed by atoms with van der Waals surface area (Å²) < 4.78 is 1.12. The lowest BCUT2D eigenvalue weighted by Crippen LogP contribution is -2.07. The van der Waals surface area contributed by atoms with Crippen LogP contribution >= 0.6 is 27.3 Å². The summed E-state index contributed by atoms with van der Waals surface area (Å²) in [7, 11) is 0. The minimum absolute atomic E-state index is 0.856. The zero-order valence-electron chi connectivity index (χ0n) is 10.9. The largest absolute Gasteiger partial charge is 0.370 e. The predicted octanol–water partition coefficient (Wildman–Crippen LogP) is 4.28. The van der Waals surface area contributed by atoms with Crippen molar-refractivity contribution in [2.45, 2.75) is 32.6 Å². The Morgan fingerprint density at radius 3 is 2.95 bits per heavy atom. The molecular weight excluding hydrogens is 322 g/mol. The van der Waals surface area contributed by atoms with Crippen molar-refractivity contribution in [3.8, 4) is 10.7 Å². The van der Waals surface area contributed by atoms with Crippen molar-refractivity contribution in [2.24, 2.45) is 0 Å². The van der Waals surface area contributed by atoms with Crippen LogP contribution in [0.3, 0.4) is 0 Å². The summed E-state index contributed by atoms with van der Waals surface area (Å²) in [6, 6.07) is 4.13. The van der Waals surface area contributed by atoms with Crippen LogP contribution in [0.5, 0.6) is 0 Å². The first kappa shape index (κ1) is 13.1. The molecule has 2 aromatic rings. The molecule has 1 aliphatic carbocycles. The molecule has 0 bridgehead atoms. The molecule has 0 amide bonds. The van der Waals surface area contributed by atoms with Gasteiger partial charge in [-0.15, -0.1) is 11.3 Å². The minimum atomic E-state index is 0.856. The second-order valence-corrected chi connectivity index (χ2v) is 7.17. The molecule has 2 aromatic heterocycles. The lowest BCUT2D eigenvalue weighted by Gasteiger charge is -2.10. The monoisotopic (exact) mass is 337 g/mol. The van der Waals surface area contributed by atoms with Crippen LogP contribution in [0.25, 0.3) is 10.7 Å². The number of anilines is 1. The molecule has 3 nitrogen and oxygen atoms in total. The van der Waals surface area contributed by atoms with E-state index in [0.29, 0.717) is 0 Å². The van der Waals surface area contributed by atoms with E-state index in [2.05, 4.69) is 40.3 Å². The van der Waals surface area contributed by atoms with Gasteiger partial charge in [-0.3, -0.25) is 0 Å². The normalized spacial score (nSPS) is 13.6. The van der Waals surface area contributed by atoms with E-state index in [1.807, 2.05) is 0 Å². The van der Waals surface area contributed by atoms with Crippen LogP contribution in [0.4, 0.5) is 5.82 Å². The Labute approximate surface area is 125 Å². The van der Waals surface area contributed by atoms with Gasteiger partial charge in [0.1, 0.15) is 5.82 Å². The highest BCUT2D eigenvalue weighted by molar-refractivity contribution is 9.11. The Balaban J connectivity index is 2.02. The van der Waals surface area contributed by atoms with Crippen molar-refractivity contribution in [2.75, 3.05) is 11.9 Å². The molecule has 100 valence electrons.